The maximum absolute atomic E-state index is 11.5. The molecule has 166 valence electrons. The van der Waals surface area contributed by atoms with Crippen LogP contribution in [0.25, 0.3) is 0 Å². The van der Waals surface area contributed by atoms with E-state index in [-0.39, 0.29) is 0 Å². The Morgan fingerprint density at radius 2 is 0.939 bits per heavy atom. The summed E-state index contributed by atoms with van der Waals surface area (Å²) in [6, 6.07) is 36.4. The summed E-state index contributed by atoms with van der Waals surface area (Å²) in [7, 11) is 0. The first-order valence-electron chi connectivity index (χ1n) is 11.5. The fourth-order valence-electron chi connectivity index (χ4n) is 4.91. The summed E-state index contributed by atoms with van der Waals surface area (Å²) < 4.78 is 6.70. The van der Waals surface area contributed by atoms with E-state index in [1.54, 1.807) is 0 Å². The molecule has 0 spiro atoms. The summed E-state index contributed by atoms with van der Waals surface area (Å²) in [5.41, 5.74) is 3.77. The average molecular weight is 539 g/mol. The van der Waals surface area contributed by atoms with Gasteiger partial charge in [0.2, 0.25) is 0 Å². The molecular formula is C31H32OSn. The Balaban J connectivity index is 2.08. The molecule has 1 unspecified atom stereocenters. The van der Waals surface area contributed by atoms with Crippen LogP contribution in [0.5, 0.6) is 0 Å². The van der Waals surface area contributed by atoms with Crippen molar-refractivity contribution in [1.29, 1.82) is 0 Å². The average Bonchev–Trinajstić information content (AvgIpc) is 2.82. The first kappa shape index (κ1) is 23.5. The molecule has 0 amide bonds. The quantitative estimate of drug-likeness (QED) is 0.339. The summed E-state index contributed by atoms with van der Waals surface area (Å²) in [6.07, 6.45) is 2.06. The van der Waals surface area contributed by atoms with Gasteiger partial charge in [0.25, 0.3) is 0 Å². The monoisotopic (exact) mass is 540 g/mol. The molecule has 0 radical (unpaired) electrons. The van der Waals surface area contributed by atoms with Gasteiger partial charge < -0.3 is 0 Å². The van der Waals surface area contributed by atoms with Gasteiger partial charge in [0, 0.05) is 0 Å². The van der Waals surface area contributed by atoms with Crippen molar-refractivity contribution in [2.24, 2.45) is 0 Å². The standard InChI is InChI=1S/C10H11O.3C7H7.Sn/c1-3-10(2,11)9-7-5-4-6-8-9;3*1-7-5-3-2-4-6-7;/h1,3-8,11H,2H3;3*2-5H,1H3;. The summed E-state index contributed by atoms with van der Waals surface area (Å²) in [5.74, 6) is 0. The first-order valence-corrected chi connectivity index (χ1v) is 17.5. The van der Waals surface area contributed by atoms with Crippen LogP contribution in [-0.4, -0.2) is 23.5 Å². The van der Waals surface area contributed by atoms with Gasteiger partial charge in [-0.25, -0.2) is 0 Å². The van der Waals surface area contributed by atoms with Crippen LogP contribution in [0.2, 0.25) is 0 Å². The molecule has 0 aromatic heterocycles. The van der Waals surface area contributed by atoms with Crippen LogP contribution in [0.1, 0.15) is 29.2 Å². The Kier molecular flexibility index (Phi) is 6.92. The third-order valence-electron chi connectivity index (χ3n) is 6.73. The van der Waals surface area contributed by atoms with Crippen molar-refractivity contribution in [3.05, 3.63) is 136 Å². The number of hydrogen-bond acceptors (Lipinski definition) is 1. The van der Waals surface area contributed by atoms with Crippen LogP contribution in [-0.2, 0) is 5.60 Å². The van der Waals surface area contributed by atoms with E-state index in [9.17, 15) is 5.11 Å². The number of aliphatic hydroxyl groups is 1. The van der Waals surface area contributed by atoms with Gasteiger partial charge in [0.05, 0.1) is 0 Å². The Morgan fingerprint density at radius 1 is 0.576 bits per heavy atom. The Morgan fingerprint density at radius 3 is 1.33 bits per heavy atom. The zero-order valence-electron chi connectivity index (χ0n) is 19.9. The van der Waals surface area contributed by atoms with Crippen LogP contribution in [0.3, 0.4) is 0 Å². The van der Waals surface area contributed by atoms with E-state index in [0.717, 1.165) is 5.56 Å². The SMILES string of the molecule is Cc1cccc[c]1[Sn]([CH]=CC(C)(O)c1ccccc1)([c]1ccccc1C)[c]1ccccc1C. The summed E-state index contributed by atoms with van der Waals surface area (Å²) in [5, 5.41) is 11.5. The zero-order chi connectivity index (χ0) is 23.5. The molecule has 4 aromatic carbocycles. The predicted molar refractivity (Wildman–Crippen MR) is 143 cm³/mol. The van der Waals surface area contributed by atoms with Crippen molar-refractivity contribution in [3.63, 3.8) is 0 Å². The van der Waals surface area contributed by atoms with Gasteiger partial charge in [-0.2, -0.15) is 0 Å². The minimum atomic E-state index is -3.71. The van der Waals surface area contributed by atoms with Crippen molar-refractivity contribution < 1.29 is 5.11 Å². The molecule has 4 aromatic rings. The predicted octanol–water partition coefficient (Wildman–Crippen LogP) is 5.09. The van der Waals surface area contributed by atoms with Gasteiger partial charge in [-0.15, -0.1) is 0 Å². The molecule has 0 saturated carbocycles. The fraction of sp³-hybridized carbons (Fsp3) is 0.161. The number of rotatable bonds is 6. The van der Waals surface area contributed by atoms with Crippen LogP contribution < -0.4 is 10.7 Å². The van der Waals surface area contributed by atoms with E-state index < -0.39 is 24.0 Å². The number of hydrogen-bond donors (Lipinski definition) is 1. The van der Waals surface area contributed by atoms with Crippen LogP contribution in [0, 0.1) is 20.8 Å². The zero-order valence-corrected chi connectivity index (χ0v) is 22.8. The van der Waals surface area contributed by atoms with Gasteiger partial charge in [-0.1, -0.05) is 0 Å². The van der Waals surface area contributed by atoms with Crippen molar-refractivity contribution >= 4 is 29.1 Å². The molecule has 1 N–H and O–H groups in total. The maximum atomic E-state index is 11.5. The van der Waals surface area contributed by atoms with Crippen LogP contribution >= 0.6 is 0 Å². The van der Waals surface area contributed by atoms with Gasteiger partial charge in [-0.05, 0) is 0 Å². The Hall–Kier alpha value is -2.62. The molecule has 2 heteroatoms. The summed E-state index contributed by atoms with van der Waals surface area (Å²) >= 11 is -3.71. The Bertz CT molecular complexity index is 1160. The van der Waals surface area contributed by atoms with Crippen molar-refractivity contribution in [2.45, 2.75) is 33.3 Å². The molecule has 0 aliphatic heterocycles. The molecule has 0 fully saturated rings. The van der Waals surface area contributed by atoms with E-state index in [2.05, 4.69) is 104 Å². The minimum absolute atomic E-state index is 0.904. The second kappa shape index (κ2) is 9.70. The molecular weight excluding hydrogens is 507 g/mol. The Labute approximate surface area is 202 Å². The van der Waals surface area contributed by atoms with Gasteiger partial charge in [-0.3, -0.25) is 0 Å². The van der Waals surface area contributed by atoms with E-state index in [1.165, 1.54) is 27.4 Å². The number of aryl methyl sites for hydroxylation is 3. The first-order chi connectivity index (χ1) is 15.9. The molecule has 33 heavy (non-hydrogen) atoms. The molecule has 1 nitrogen and oxygen atoms in total. The molecule has 0 aliphatic carbocycles. The van der Waals surface area contributed by atoms with Gasteiger partial charge in [0.1, 0.15) is 0 Å². The third-order valence-corrected chi connectivity index (χ3v) is 20.7. The summed E-state index contributed by atoms with van der Waals surface area (Å²) in [4.78, 5) is 0. The molecule has 4 rings (SSSR count). The van der Waals surface area contributed by atoms with E-state index in [4.69, 9.17) is 0 Å². The van der Waals surface area contributed by atoms with Gasteiger partial charge in [0.15, 0.2) is 0 Å². The van der Waals surface area contributed by atoms with Gasteiger partial charge >= 0.3 is 203 Å². The van der Waals surface area contributed by atoms with E-state index >= 15 is 0 Å². The van der Waals surface area contributed by atoms with Crippen LogP contribution in [0.15, 0.2) is 113 Å². The van der Waals surface area contributed by atoms with Crippen LogP contribution in [0.4, 0.5) is 0 Å². The molecule has 0 aliphatic rings. The fourth-order valence-corrected chi connectivity index (χ4v) is 19.7. The normalized spacial score (nSPS) is 13.7. The van der Waals surface area contributed by atoms with Crippen molar-refractivity contribution in [2.75, 3.05) is 0 Å². The van der Waals surface area contributed by atoms with Crippen molar-refractivity contribution in [3.8, 4) is 0 Å². The second-order valence-corrected chi connectivity index (χ2v) is 19.3. The third kappa shape index (κ3) is 4.58. The molecule has 0 bridgehead atoms. The molecule has 0 heterocycles. The van der Waals surface area contributed by atoms with Crippen molar-refractivity contribution in [1.82, 2.24) is 0 Å². The van der Waals surface area contributed by atoms with E-state index in [1.807, 2.05) is 37.3 Å². The topological polar surface area (TPSA) is 20.2 Å². The second-order valence-electron chi connectivity index (χ2n) is 9.10. The number of benzene rings is 4. The summed E-state index contributed by atoms with van der Waals surface area (Å²) in [6.45, 7) is 8.56. The van der Waals surface area contributed by atoms with E-state index in [0.29, 0.717) is 0 Å². The molecule has 0 saturated heterocycles. The molecule has 1 atom stereocenters.